The average Bonchev–Trinajstić information content (AvgIpc) is 2.37. The molecular formula is C10H13FN4O4S2. The predicted octanol–water partition coefficient (Wildman–Crippen LogP) is 1.21. The second-order valence-electron chi connectivity index (χ2n) is 4.07. The summed E-state index contributed by atoms with van der Waals surface area (Å²) in [4.78, 5) is 1.47. The highest BCUT2D eigenvalue weighted by atomic mass is 32.2. The van der Waals surface area contributed by atoms with Gasteiger partial charge in [0.05, 0.1) is 4.90 Å². The van der Waals surface area contributed by atoms with E-state index >= 15 is 0 Å². The largest absolute Gasteiger partial charge is 0.243 e. The van der Waals surface area contributed by atoms with Gasteiger partial charge < -0.3 is 0 Å². The van der Waals surface area contributed by atoms with Crippen molar-refractivity contribution in [3.63, 3.8) is 0 Å². The molecule has 0 bridgehead atoms. The molecule has 1 aromatic carbocycles. The molecule has 0 radical (unpaired) electrons. The molecule has 0 saturated heterocycles. The molecule has 0 aliphatic heterocycles. The number of nitrogens with one attached hydrogen (secondary N) is 1. The van der Waals surface area contributed by atoms with Crippen molar-refractivity contribution in [2.75, 3.05) is 19.3 Å². The van der Waals surface area contributed by atoms with E-state index in [0.29, 0.717) is 0 Å². The Morgan fingerprint density at radius 1 is 1.33 bits per heavy atom. The summed E-state index contributed by atoms with van der Waals surface area (Å²) in [5, 5.41) is 3.22. The molecule has 1 rings (SSSR count). The van der Waals surface area contributed by atoms with Crippen molar-refractivity contribution in [2.45, 2.75) is 16.2 Å². The molecule has 0 aliphatic carbocycles. The predicted molar refractivity (Wildman–Crippen MR) is 73.3 cm³/mol. The highest BCUT2D eigenvalue weighted by molar-refractivity contribution is 7.91. The fourth-order valence-corrected chi connectivity index (χ4v) is 3.30. The zero-order chi connectivity index (χ0) is 16.1. The number of azide groups is 1. The zero-order valence-corrected chi connectivity index (χ0v) is 12.7. The lowest BCUT2D eigenvalue weighted by atomic mass is 10.3. The standard InChI is InChI=1S/C10H13FN4O4S2/c1-20(16,17)8-3-4-9(11)10(7-8)21(18,19)14-6-2-5-13-15-12/h3-4,7,14H,2,5-6H2,1H3. The summed E-state index contributed by atoms with van der Waals surface area (Å²) in [5.74, 6) is -1.05. The summed E-state index contributed by atoms with van der Waals surface area (Å²) in [6, 6.07) is 2.54. The van der Waals surface area contributed by atoms with E-state index < -0.39 is 30.6 Å². The van der Waals surface area contributed by atoms with Gasteiger partial charge in [0, 0.05) is 24.3 Å². The minimum Gasteiger partial charge on any atom is -0.224 e. The Morgan fingerprint density at radius 3 is 2.57 bits per heavy atom. The minimum atomic E-state index is -4.19. The van der Waals surface area contributed by atoms with E-state index in [4.69, 9.17) is 5.53 Å². The maximum Gasteiger partial charge on any atom is 0.243 e. The van der Waals surface area contributed by atoms with Crippen LogP contribution in [0.5, 0.6) is 0 Å². The number of benzene rings is 1. The minimum absolute atomic E-state index is 0.0656. The lowest BCUT2D eigenvalue weighted by molar-refractivity contribution is 0.554. The molecule has 0 saturated carbocycles. The summed E-state index contributed by atoms with van der Waals surface area (Å²) in [5.41, 5.74) is 8.06. The van der Waals surface area contributed by atoms with Crippen molar-refractivity contribution in [3.05, 3.63) is 34.5 Å². The third-order valence-electron chi connectivity index (χ3n) is 2.41. The van der Waals surface area contributed by atoms with E-state index in [0.717, 1.165) is 24.5 Å². The van der Waals surface area contributed by atoms with Gasteiger partial charge in [0.25, 0.3) is 0 Å². The van der Waals surface area contributed by atoms with Crippen LogP contribution in [0.1, 0.15) is 6.42 Å². The van der Waals surface area contributed by atoms with Crippen LogP contribution in [0, 0.1) is 5.82 Å². The van der Waals surface area contributed by atoms with Gasteiger partial charge in [-0.2, -0.15) is 0 Å². The van der Waals surface area contributed by atoms with E-state index in [-0.39, 0.29) is 24.4 Å². The molecule has 0 unspecified atom stereocenters. The molecule has 0 aromatic heterocycles. The van der Waals surface area contributed by atoms with Crippen LogP contribution in [0.4, 0.5) is 4.39 Å². The van der Waals surface area contributed by atoms with Crippen LogP contribution >= 0.6 is 0 Å². The van der Waals surface area contributed by atoms with Gasteiger partial charge in [0.1, 0.15) is 10.7 Å². The van der Waals surface area contributed by atoms with Gasteiger partial charge in [-0.15, -0.1) is 0 Å². The Bertz CT molecular complexity index is 770. The first-order valence-electron chi connectivity index (χ1n) is 5.68. The second-order valence-corrected chi connectivity index (χ2v) is 7.82. The lowest BCUT2D eigenvalue weighted by Crippen LogP contribution is -2.26. The van der Waals surface area contributed by atoms with Crippen molar-refractivity contribution in [3.8, 4) is 0 Å². The van der Waals surface area contributed by atoms with Crippen LogP contribution in [-0.2, 0) is 19.9 Å². The second kappa shape index (κ2) is 6.85. The highest BCUT2D eigenvalue weighted by Gasteiger charge is 2.21. The Balaban J connectivity index is 3.00. The number of hydrogen-bond acceptors (Lipinski definition) is 5. The number of sulfone groups is 1. The molecule has 1 aromatic rings. The maximum absolute atomic E-state index is 13.6. The van der Waals surface area contributed by atoms with Crippen molar-refractivity contribution in [1.29, 1.82) is 0 Å². The van der Waals surface area contributed by atoms with Gasteiger partial charge in [-0.1, -0.05) is 5.11 Å². The SMILES string of the molecule is CS(=O)(=O)c1ccc(F)c(S(=O)(=O)NCCCN=[N+]=[N-])c1. The van der Waals surface area contributed by atoms with Gasteiger partial charge in [0.2, 0.25) is 10.0 Å². The Hall–Kier alpha value is -1.68. The smallest absolute Gasteiger partial charge is 0.224 e. The van der Waals surface area contributed by atoms with Gasteiger partial charge in [-0.25, -0.2) is 25.9 Å². The topological polar surface area (TPSA) is 129 Å². The molecular weight excluding hydrogens is 323 g/mol. The molecule has 8 nitrogen and oxygen atoms in total. The van der Waals surface area contributed by atoms with E-state index in [1.165, 1.54) is 0 Å². The van der Waals surface area contributed by atoms with Crippen LogP contribution in [0.25, 0.3) is 10.4 Å². The molecule has 0 fully saturated rings. The zero-order valence-electron chi connectivity index (χ0n) is 11.0. The fourth-order valence-electron chi connectivity index (χ4n) is 1.40. The molecule has 0 spiro atoms. The first kappa shape index (κ1) is 17.4. The molecule has 1 N–H and O–H groups in total. The van der Waals surface area contributed by atoms with E-state index in [1.54, 1.807) is 0 Å². The lowest BCUT2D eigenvalue weighted by Gasteiger charge is -2.08. The first-order chi connectivity index (χ1) is 9.68. The van der Waals surface area contributed by atoms with Crippen LogP contribution in [0.2, 0.25) is 0 Å². The Morgan fingerprint density at radius 2 is 2.00 bits per heavy atom. The summed E-state index contributed by atoms with van der Waals surface area (Å²) >= 11 is 0. The van der Waals surface area contributed by atoms with Gasteiger partial charge in [-0.3, -0.25) is 0 Å². The normalized spacial score (nSPS) is 11.9. The molecule has 11 heteroatoms. The Kier molecular flexibility index (Phi) is 5.67. The maximum atomic E-state index is 13.6. The molecule has 0 atom stereocenters. The number of sulfonamides is 1. The fraction of sp³-hybridized carbons (Fsp3) is 0.400. The van der Waals surface area contributed by atoms with Gasteiger partial charge in [0.15, 0.2) is 9.84 Å². The van der Waals surface area contributed by atoms with E-state index in [9.17, 15) is 21.2 Å². The van der Waals surface area contributed by atoms with E-state index in [2.05, 4.69) is 14.7 Å². The number of halogens is 1. The third-order valence-corrected chi connectivity index (χ3v) is 5.00. The number of nitrogens with zero attached hydrogens (tertiary/aromatic N) is 3. The molecule has 0 amide bonds. The Labute approximate surface area is 121 Å². The monoisotopic (exact) mass is 336 g/mol. The summed E-state index contributed by atoms with van der Waals surface area (Å²) in [6.45, 7) is 0.0226. The van der Waals surface area contributed by atoms with Crippen LogP contribution in [0.15, 0.2) is 33.1 Å². The average molecular weight is 336 g/mol. The number of hydrogen-bond donors (Lipinski definition) is 1. The molecule has 0 heterocycles. The highest BCUT2D eigenvalue weighted by Crippen LogP contribution is 2.19. The van der Waals surface area contributed by atoms with Crippen LogP contribution in [-0.4, -0.2) is 36.2 Å². The van der Waals surface area contributed by atoms with Gasteiger partial charge in [-0.05, 0) is 30.2 Å². The van der Waals surface area contributed by atoms with Gasteiger partial charge >= 0.3 is 0 Å². The van der Waals surface area contributed by atoms with Crippen molar-refractivity contribution < 1.29 is 21.2 Å². The molecule has 0 aliphatic rings. The molecule has 116 valence electrons. The third kappa shape index (κ3) is 4.97. The molecule has 21 heavy (non-hydrogen) atoms. The van der Waals surface area contributed by atoms with Crippen molar-refractivity contribution >= 4 is 19.9 Å². The summed E-state index contributed by atoms with van der Waals surface area (Å²) in [7, 11) is -7.83. The first-order valence-corrected chi connectivity index (χ1v) is 9.06. The van der Waals surface area contributed by atoms with Crippen LogP contribution in [0.3, 0.4) is 0 Å². The van der Waals surface area contributed by atoms with Crippen molar-refractivity contribution in [1.82, 2.24) is 4.72 Å². The summed E-state index contributed by atoms with van der Waals surface area (Å²) < 4.78 is 62.3. The summed E-state index contributed by atoms with van der Waals surface area (Å²) in [6.07, 6.45) is 1.13. The number of rotatable bonds is 7. The van der Waals surface area contributed by atoms with Crippen molar-refractivity contribution in [2.24, 2.45) is 5.11 Å². The quantitative estimate of drug-likeness (QED) is 0.264. The van der Waals surface area contributed by atoms with Crippen LogP contribution < -0.4 is 4.72 Å². The van der Waals surface area contributed by atoms with E-state index in [1.807, 2.05) is 0 Å².